The van der Waals surface area contributed by atoms with Gasteiger partial charge < -0.3 is 10.5 Å². The van der Waals surface area contributed by atoms with Gasteiger partial charge in [0, 0.05) is 30.4 Å². The number of hydrogen-bond acceptors (Lipinski definition) is 3. The van der Waals surface area contributed by atoms with Crippen LogP contribution in [0, 0.1) is 6.92 Å². The predicted molar refractivity (Wildman–Crippen MR) is 62.7 cm³/mol. The number of rotatable bonds is 3. The molecule has 0 unspecified atom stereocenters. The third-order valence-corrected chi connectivity index (χ3v) is 3.39. The lowest BCUT2D eigenvalue weighted by atomic mass is 9.63. The Kier molecular flexibility index (Phi) is 2.72. The largest absolute Gasteiger partial charge is 0.496 e. The van der Waals surface area contributed by atoms with Crippen molar-refractivity contribution in [3.8, 4) is 5.75 Å². The Hall–Kier alpha value is -1.35. The molecular weight excluding hydrogens is 202 g/mol. The van der Waals surface area contributed by atoms with Gasteiger partial charge in [0.1, 0.15) is 11.5 Å². The lowest BCUT2D eigenvalue weighted by molar-refractivity contribution is -0.128. The first kappa shape index (κ1) is 11.1. The molecule has 0 radical (unpaired) electrons. The Morgan fingerprint density at radius 2 is 2.12 bits per heavy atom. The summed E-state index contributed by atoms with van der Waals surface area (Å²) in [6.45, 7) is 2.53. The second kappa shape index (κ2) is 3.91. The zero-order valence-corrected chi connectivity index (χ0v) is 9.75. The molecule has 1 aliphatic rings. The number of aryl methyl sites for hydroxylation is 1. The fourth-order valence-corrected chi connectivity index (χ4v) is 2.38. The zero-order chi connectivity index (χ0) is 11.8. The minimum atomic E-state index is -0.186. The maximum Gasteiger partial charge on any atom is 0.134 e. The van der Waals surface area contributed by atoms with Gasteiger partial charge in [-0.3, -0.25) is 4.79 Å². The molecule has 0 aliphatic heterocycles. The quantitative estimate of drug-likeness (QED) is 0.839. The Morgan fingerprint density at radius 1 is 1.44 bits per heavy atom. The van der Waals surface area contributed by atoms with Crippen LogP contribution < -0.4 is 10.5 Å². The fraction of sp³-hybridized carbons (Fsp3) is 0.462. The summed E-state index contributed by atoms with van der Waals surface area (Å²) in [4.78, 5) is 11.2. The van der Waals surface area contributed by atoms with E-state index in [0.717, 1.165) is 11.3 Å². The van der Waals surface area contributed by atoms with Gasteiger partial charge in [-0.05, 0) is 13.0 Å². The molecule has 1 aromatic rings. The molecule has 0 bridgehead atoms. The molecule has 1 saturated carbocycles. The Bertz CT molecular complexity index is 418. The second-order valence-corrected chi connectivity index (χ2v) is 4.58. The molecule has 3 heteroatoms. The van der Waals surface area contributed by atoms with Crippen LogP contribution in [0.1, 0.15) is 24.0 Å². The molecule has 1 aliphatic carbocycles. The SMILES string of the molecule is COc1ccc(C)cc1C1(CN)CC(=O)C1. The van der Waals surface area contributed by atoms with Crippen molar-refractivity contribution < 1.29 is 9.53 Å². The fourth-order valence-electron chi connectivity index (χ4n) is 2.38. The lowest BCUT2D eigenvalue weighted by Gasteiger charge is -2.40. The van der Waals surface area contributed by atoms with Crippen LogP contribution in [0.5, 0.6) is 5.75 Å². The molecule has 0 amide bonds. The molecule has 1 fully saturated rings. The van der Waals surface area contributed by atoms with Crippen LogP contribution >= 0.6 is 0 Å². The highest BCUT2D eigenvalue weighted by Crippen LogP contribution is 2.44. The van der Waals surface area contributed by atoms with Crippen LogP contribution in [-0.2, 0) is 10.2 Å². The second-order valence-electron chi connectivity index (χ2n) is 4.58. The van der Waals surface area contributed by atoms with Crippen LogP contribution in [-0.4, -0.2) is 19.4 Å². The minimum absolute atomic E-state index is 0.186. The highest BCUT2D eigenvalue weighted by molar-refractivity contribution is 5.89. The summed E-state index contributed by atoms with van der Waals surface area (Å²) in [7, 11) is 1.65. The molecule has 2 rings (SSSR count). The van der Waals surface area contributed by atoms with Crippen LogP contribution in [0.2, 0.25) is 0 Å². The van der Waals surface area contributed by atoms with Gasteiger partial charge in [0.15, 0.2) is 0 Å². The van der Waals surface area contributed by atoms with E-state index in [1.807, 2.05) is 19.1 Å². The van der Waals surface area contributed by atoms with E-state index < -0.39 is 0 Å². The van der Waals surface area contributed by atoms with Crippen molar-refractivity contribution in [1.82, 2.24) is 0 Å². The standard InChI is InChI=1S/C13H17NO2/c1-9-3-4-12(16-2)11(5-9)13(8-14)6-10(15)7-13/h3-5H,6-8,14H2,1-2H3. The van der Waals surface area contributed by atoms with E-state index in [-0.39, 0.29) is 11.2 Å². The average molecular weight is 219 g/mol. The van der Waals surface area contributed by atoms with Gasteiger partial charge in [-0.25, -0.2) is 0 Å². The van der Waals surface area contributed by atoms with Gasteiger partial charge in [-0.2, -0.15) is 0 Å². The maximum absolute atomic E-state index is 11.2. The summed E-state index contributed by atoms with van der Waals surface area (Å²) < 4.78 is 5.35. The molecule has 0 heterocycles. The molecule has 3 nitrogen and oxygen atoms in total. The highest BCUT2D eigenvalue weighted by atomic mass is 16.5. The van der Waals surface area contributed by atoms with Crippen molar-refractivity contribution in [3.63, 3.8) is 0 Å². The first-order valence-electron chi connectivity index (χ1n) is 5.48. The van der Waals surface area contributed by atoms with E-state index in [4.69, 9.17) is 10.5 Å². The third kappa shape index (κ3) is 1.61. The van der Waals surface area contributed by atoms with Crippen LogP contribution in [0.25, 0.3) is 0 Å². The normalized spacial score (nSPS) is 18.1. The molecule has 2 N–H and O–H groups in total. The van der Waals surface area contributed by atoms with Crippen LogP contribution in [0.4, 0.5) is 0 Å². The number of carbonyl (C=O) groups is 1. The summed E-state index contributed by atoms with van der Waals surface area (Å²) in [5.41, 5.74) is 7.89. The van der Waals surface area contributed by atoms with Gasteiger partial charge in [-0.1, -0.05) is 17.7 Å². The van der Waals surface area contributed by atoms with E-state index in [9.17, 15) is 4.79 Å². The number of ketones is 1. The molecule has 0 atom stereocenters. The molecule has 0 saturated heterocycles. The van der Waals surface area contributed by atoms with Crippen molar-refractivity contribution in [2.24, 2.45) is 5.73 Å². The van der Waals surface area contributed by atoms with Gasteiger partial charge >= 0.3 is 0 Å². The average Bonchev–Trinajstić information content (AvgIpc) is 2.24. The number of hydrogen-bond donors (Lipinski definition) is 1. The van der Waals surface area contributed by atoms with E-state index >= 15 is 0 Å². The Labute approximate surface area is 95.6 Å². The number of ether oxygens (including phenoxy) is 1. The molecular formula is C13H17NO2. The third-order valence-electron chi connectivity index (χ3n) is 3.39. The van der Waals surface area contributed by atoms with E-state index in [0.29, 0.717) is 19.4 Å². The van der Waals surface area contributed by atoms with Crippen LogP contribution in [0.15, 0.2) is 18.2 Å². The summed E-state index contributed by atoms with van der Waals surface area (Å²) in [5, 5.41) is 0. The number of Topliss-reactive ketones (excluding diaryl/α,β-unsaturated/α-hetero) is 1. The van der Waals surface area contributed by atoms with Gasteiger partial charge in [0.05, 0.1) is 7.11 Å². The number of carbonyl (C=O) groups excluding carboxylic acids is 1. The van der Waals surface area contributed by atoms with E-state index in [1.54, 1.807) is 7.11 Å². The monoisotopic (exact) mass is 219 g/mol. The van der Waals surface area contributed by atoms with E-state index in [1.165, 1.54) is 5.56 Å². The van der Waals surface area contributed by atoms with Crippen LogP contribution in [0.3, 0.4) is 0 Å². The molecule has 86 valence electrons. The van der Waals surface area contributed by atoms with Gasteiger partial charge in [0.25, 0.3) is 0 Å². The van der Waals surface area contributed by atoms with Crippen molar-refractivity contribution in [2.45, 2.75) is 25.2 Å². The Morgan fingerprint density at radius 3 is 2.62 bits per heavy atom. The van der Waals surface area contributed by atoms with Crippen molar-refractivity contribution in [1.29, 1.82) is 0 Å². The summed E-state index contributed by atoms with van der Waals surface area (Å²) in [6.07, 6.45) is 1.09. The summed E-state index contributed by atoms with van der Waals surface area (Å²) in [5.74, 6) is 1.12. The molecule has 16 heavy (non-hydrogen) atoms. The van der Waals surface area contributed by atoms with Gasteiger partial charge in [0.2, 0.25) is 0 Å². The number of benzene rings is 1. The van der Waals surface area contributed by atoms with Gasteiger partial charge in [-0.15, -0.1) is 0 Å². The number of methoxy groups -OCH3 is 1. The molecule has 0 spiro atoms. The first-order valence-corrected chi connectivity index (χ1v) is 5.48. The number of nitrogens with two attached hydrogens (primary N) is 1. The van der Waals surface area contributed by atoms with Crippen molar-refractivity contribution >= 4 is 5.78 Å². The summed E-state index contributed by atoms with van der Waals surface area (Å²) >= 11 is 0. The lowest BCUT2D eigenvalue weighted by Crippen LogP contribution is -2.47. The first-order chi connectivity index (χ1) is 7.61. The smallest absolute Gasteiger partial charge is 0.134 e. The Balaban J connectivity index is 2.45. The van der Waals surface area contributed by atoms with E-state index in [2.05, 4.69) is 6.07 Å². The highest BCUT2D eigenvalue weighted by Gasteiger charge is 2.45. The topological polar surface area (TPSA) is 52.3 Å². The molecule has 1 aromatic carbocycles. The zero-order valence-electron chi connectivity index (χ0n) is 9.75. The molecule has 0 aromatic heterocycles. The van der Waals surface area contributed by atoms with Crippen molar-refractivity contribution in [3.05, 3.63) is 29.3 Å². The predicted octanol–water partition coefficient (Wildman–Crippen LogP) is 1.56. The summed E-state index contributed by atoms with van der Waals surface area (Å²) in [6, 6.07) is 6.04. The van der Waals surface area contributed by atoms with Crippen molar-refractivity contribution in [2.75, 3.05) is 13.7 Å². The minimum Gasteiger partial charge on any atom is -0.496 e. The maximum atomic E-state index is 11.2.